The second kappa shape index (κ2) is 1.75. The number of hydrogen-bond acceptors (Lipinski definition) is 3. The molecular formula is C7H9NO3. The first-order valence-electron chi connectivity index (χ1n) is 3.58. The molecule has 60 valence electrons. The molecule has 2 rings (SSSR count). The van der Waals surface area contributed by atoms with Crippen LogP contribution in [0.1, 0.15) is 6.42 Å². The molecule has 0 aromatic carbocycles. The molecule has 1 amide bonds. The Kier molecular flexibility index (Phi) is 1.06. The van der Waals surface area contributed by atoms with Crippen molar-refractivity contribution in [1.29, 1.82) is 0 Å². The molecule has 1 N–H and O–H groups in total. The SMILES string of the molecule is COC(=O)C12CC1CNC2=O. The lowest BCUT2D eigenvalue weighted by Crippen LogP contribution is -2.31. The van der Waals surface area contributed by atoms with Gasteiger partial charge in [0.1, 0.15) is 0 Å². The van der Waals surface area contributed by atoms with E-state index in [0.29, 0.717) is 13.0 Å². The molecule has 1 saturated carbocycles. The summed E-state index contributed by atoms with van der Waals surface area (Å²) in [4.78, 5) is 22.2. The fraction of sp³-hybridized carbons (Fsp3) is 0.714. The number of fused-ring (bicyclic) bond motifs is 1. The van der Waals surface area contributed by atoms with Gasteiger partial charge in [-0.15, -0.1) is 0 Å². The Morgan fingerprint density at radius 3 is 2.91 bits per heavy atom. The van der Waals surface area contributed by atoms with Gasteiger partial charge in [0.2, 0.25) is 5.91 Å². The maximum Gasteiger partial charge on any atom is 0.321 e. The molecule has 4 nitrogen and oxygen atoms in total. The first kappa shape index (κ1) is 6.64. The molecular weight excluding hydrogens is 146 g/mol. The van der Waals surface area contributed by atoms with Gasteiger partial charge in [-0.05, 0) is 6.42 Å². The van der Waals surface area contributed by atoms with E-state index >= 15 is 0 Å². The zero-order valence-electron chi connectivity index (χ0n) is 6.22. The summed E-state index contributed by atoms with van der Waals surface area (Å²) in [6.45, 7) is 0.633. The fourth-order valence-corrected chi connectivity index (χ4v) is 1.75. The van der Waals surface area contributed by atoms with Crippen molar-refractivity contribution < 1.29 is 14.3 Å². The summed E-state index contributed by atoms with van der Waals surface area (Å²) in [6, 6.07) is 0. The number of hydrogen-bond donors (Lipinski definition) is 1. The van der Waals surface area contributed by atoms with Crippen LogP contribution in [0.25, 0.3) is 0 Å². The highest BCUT2D eigenvalue weighted by molar-refractivity contribution is 6.08. The van der Waals surface area contributed by atoms with Crippen molar-refractivity contribution >= 4 is 11.9 Å². The van der Waals surface area contributed by atoms with Gasteiger partial charge in [0.25, 0.3) is 0 Å². The summed E-state index contributed by atoms with van der Waals surface area (Å²) < 4.78 is 4.55. The van der Waals surface area contributed by atoms with Gasteiger partial charge in [0.15, 0.2) is 5.41 Å². The third-order valence-electron chi connectivity index (χ3n) is 2.57. The largest absolute Gasteiger partial charge is 0.468 e. The van der Waals surface area contributed by atoms with Gasteiger partial charge in [-0.1, -0.05) is 0 Å². The molecule has 2 atom stereocenters. The van der Waals surface area contributed by atoms with Crippen LogP contribution < -0.4 is 5.32 Å². The minimum Gasteiger partial charge on any atom is -0.468 e. The zero-order chi connectivity index (χ0) is 8.06. The Morgan fingerprint density at radius 1 is 1.82 bits per heavy atom. The first-order valence-corrected chi connectivity index (χ1v) is 3.58. The fourth-order valence-electron chi connectivity index (χ4n) is 1.75. The number of carbonyl (C=O) groups excluding carboxylic acids is 2. The van der Waals surface area contributed by atoms with Crippen molar-refractivity contribution in [2.75, 3.05) is 13.7 Å². The molecule has 2 unspecified atom stereocenters. The van der Waals surface area contributed by atoms with Gasteiger partial charge in [-0.2, -0.15) is 0 Å². The molecule has 0 spiro atoms. The smallest absolute Gasteiger partial charge is 0.321 e. The number of piperidine rings is 1. The molecule has 0 aromatic heterocycles. The number of ether oxygens (including phenoxy) is 1. The number of esters is 1. The number of amides is 1. The van der Waals surface area contributed by atoms with Crippen LogP contribution in [-0.4, -0.2) is 25.5 Å². The van der Waals surface area contributed by atoms with E-state index in [4.69, 9.17) is 0 Å². The Morgan fingerprint density at radius 2 is 2.55 bits per heavy atom. The van der Waals surface area contributed by atoms with E-state index in [0.717, 1.165) is 0 Å². The van der Waals surface area contributed by atoms with Crippen LogP contribution >= 0.6 is 0 Å². The monoisotopic (exact) mass is 155 g/mol. The normalized spacial score (nSPS) is 39.4. The molecule has 2 fully saturated rings. The lowest BCUT2D eigenvalue weighted by molar-refractivity contribution is -0.151. The summed E-state index contributed by atoms with van der Waals surface area (Å²) in [5.74, 6) is -0.339. The van der Waals surface area contributed by atoms with Crippen molar-refractivity contribution in [2.24, 2.45) is 11.3 Å². The van der Waals surface area contributed by atoms with Gasteiger partial charge in [-0.25, -0.2) is 0 Å². The van der Waals surface area contributed by atoms with Crippen molar-refractivity contribution in [1.82, 2.24) is 5.32 Å². The highest BCUT2D eigenvalue weighted by atomic mass is 16.5. The third-order valence-corrected chi connectivity index (χ3v) is 2.57. The highest BCUT2D eigenvalue weighted by Crippen LogP contribution is 2.56. The van der Waals surface area contributed by atoms with E-state index in [1.807, 2.05) is 0 Å². The van der Waals surface area contributed by atoms with E-state index in [9.17, 15) is 9.59 Å². The molecule has 0 radical (unpaired) electrons. The van der Waals surface area contributed by atoms with Gasteiger partial charge in [0.05, 0.1) is 7.11 Å². The minimum absolute atomic E-state index is 0.158. The maximum absolute atomic E-state index is 11.1. The van der Waals surface area contributed by atoms with Crippen LogP contribution in [0, 0.1) is 11.3 Å². The van der Waals surface area contributed by atoms with Crippen LogP contribution in [-0.2, 0) is 14.3 Å². The predicted molar refractivity (Wildman–Crippen MR) is 35.6 cm³/mol. The Bertz CT molecular complexity index is 238. The zero-order valence-corrected chi connectivity index (χ0v) is 6.22. The standard InChI is InChI=1S/C7H9NO3/c1-11-6(10)7-2-4(7)3-8-5(7)9/h4H,2-3H2,1H3,(H,8,9). The molecule has 2 aliphatic rings. The topological polar surface area (TPSA) is 55.4 Å². The molecule has 11 heavy (non-hydrogen) atoms. The van der Waals surface area contributed by atoms with E-state index < -0.39 is 5.41 Å². The van der Waals surface area contributed by atoms with E-state index in [1.165, 1.54) is 7.11 Å². The summed E-state index contributed by atoms with van der Waals surface area (Å²) >= 11 is 0. The van der Waals surface area contributed by atoms with Crippen LogP contribution in [0.3, 0.4) is 0 Å². The molecule has 4 heteroatoms. The van der Waals surface area contributed by atoms with Crippen molar-refractivity contribution in [3.05, 3.63) is 0 Å². The predicted octanol–water partition coefficient (Wildman–Crippen LogP) is -0.705. The summed E-state index contributed by atoms with van der Waals surface area (Å²) in [6.07, 6.45) is 0.672. The quantitative estimate of drug-likeness (QED) is 0.402. The van der Waals surface area contributed by atoms with Gasteiger partial charge in [-0.3, -0.25) is 9.59 Å². The average Bonchev–Trinajstić information content (AvgIpc) is 2.68. The van der Waals surface area contributed by atoms with Crippen LogP contribution in [0.15, 0.2) is 0 Å². The average molecular weight is 155 g/mol. The molecule has 1 aliphatic carbocycles. The second-order valence-corrected chi connectivity index (χ2v) is 3.07. The summed E-state index contributed by atoms with van der Waals surface area (Å²) in [5, 5.41) is 2.64. The molecule has 1 saturated heterocycles. The van der Waals surface area contributed by atoms with Crippen LogP contribution in [0.5, 0.6) is 0 Å². The Labute approximate surface area is 63.9 Å². The van der Waals surface area contributed by atoms with Crippen molar-refractivity contribution in [2.45, 2.75) is 6.42 Å². The molecule has 1 aliphatic heterocycles. The second-order valence-electron chi connectivity index (χ2n) is 3.07. The van der Waals surface area contributed by atoms with Crippen molar-refractivity contribution in [3.63, 3.8) is 0 Å². The van der Waals surface area contributed by atoms with Gasteiger partial charge in [0, 0.05) is 12.5 Å². The number of carbonyl (C=O) groups is 2. The highest BCUT2D eigenvalue weighted by Gasteiger charge is 2.70. The third kappa shape index (κ3) is 0.593. The van der Waals surface area contributed by atoms with Crippen LogP contribution in [0.2, 0.25) is 0 Å². The van der Waals surface area contributed by atoms with Gasteiger partial charge >= 0.3 is 5.97 Å². The van der Waals surface area contributed by atoms with E-state index in [2.05, 4.69) is 10.1 Å². The van der Waals surface area contributed by atoms with Crippen molar-refractivity contribution in [3.8, 4) is 0 Å². The summed E-state index contributed by atoms with van der Waals surface area (Å²) in [5.41, 5.74) is -0.783. The van der Waals surface area contributed by atoms with E-state index in [1.54, 1.807) is 0 Å². The lowest BCUT2D eigenvalue weighted by Gasteiger charge is -2.05. The minimum atomic E-state index is -0.783. The Balaban J connectivity index is 2.24. The van der Waals surface area contributed by atoms with Gasteiger partial charge < -0.3 is 10.1 Å². The van der Waals surface area contributed by atoms with E-state index in [-0.39, 0.29) is 17.8 Å². The lowest BCUT2D eigenvalue weighted by atomic mass is 10.1. The Hall–Kier alpha value is -1.06. The summed E-state index contributed by atoms with van der Waals surface area (Å²) in [7, 11) is 1.32. The number of rotatable bonds is 1. The first-order chi connectivity index (χ1) is 5.21. The van der Waals surface area contributed by atoms with Crippen LogP contribution in [0.4, 0.5) is 0 Å². The molecule has 0 aromatic rings. The number of methoxy groups -OCH3 is 1. The molecule has 1 heterocycles. The maximum atomic E-state index is 11.1. The number of nitrogens with one attached hydrogen (secondary N) is 1. The molecule has 0 bridgehead atoms.